The summed E-state index contributed by atoms with van der Waals surface area (Å²) in [5, 5.41) is 131. The number of nitrogens with two attached hydrogens (primary N) is 1. The molecule has 15 bridgehead atoms. The number of benzene rings is 6. The van der Waals surface area contributed by atoms with Gasteiger partial charge in [0.2, 0.25) is 58.9 Å². The van der Waals surface area contributed by atoms with Crippen LogP contribution in [0, 0.1) is 35.5 Å². The van der Waals surface area contributed by atoms with Gasteiger partial charge in [0.1, 0.15) is 108 Å². The maximum absolute atomic E-state index is 16.7. The standard InChI is InChI=1S/C88H104Cl2N10O25/c1-37(2)19-55(92-5)81(112)99-72-74(107)43-10-15-59(53(89)27-43)122-61-29-47-30-62(78(61)124-63-31-48(36-101)76(109)77(110)79(63)125-66-35-88(4,91)80(111)38(3)121-66)123-60-16-11-44(28-54(60)90)75(108)73-87(118)98-71(85(116)95-68-45-21-40-20-41(23-45)24-46(68)22-40)52-32-49(102)33-58(104)67(52)51-26-42(9-14-57(51)103)69(83(114)100-73)97-84(115)70(47)96-82(113)56(93-86(72)117)34-65(106)94-64(105)25-39-7-12-50(13-8-39)120-18-17-119-6/h7-16,26-30,32-33,37-38,40-41,45-46,48,55-56,63,66,68-77,79-80,92,101-104,107-111H,17-25,31,34-36,91H2,1-6H3,(H,93,117)(H,95,116)(H,96,113)(H,97,115)(H,98,118)(H,99,112)(H,100,114)(H,94,105,106)/t38-,40?,41?,45?,46?,48+,55+,56-,63+,66-,68?,69+,70+,71-,72+,73-,74+,75+,76+,77-,79-,80+,88-/m0/s1. The van der Waals surface area contributed by atoms with Gasteiger partial charge in [-0.25, -0.2) is 0 Å². The van der Waals surface area contributed by atoms with Crippen molar-refractivity contribution in [3.05, 3.63) is 147 Å². The molecule has 5 aliphatic carbocycles. The number of hydrogen-bond acceptors (Lipinski definition) is 27. The number of aliphatic hydroxyl groups is 6. The molecular weight excluding hydrogens is 1670 g/mol. The van der Waals surface area contributed by atoms with E-state index < -0.39 is 222 Å². The van der Waals surface area contributed by atoms with Gasteiger partial charge in [-0.1, -0.05) is 67.4 Å². The summed E-state index contributed by atoms with van der Waals surface area (Å²) in [5.41, 5.74) is 3.48. The predicted molar refractivity (Wildman–Crippen MR) is 445 cm³/mol. The van der Waals surface area contributed by atoms with E-state index >= 15 is 28.8 Å². The molecule has 6 heterocycles. The summed E-state index contributed by atoms with van der Waals surface area (Å²) in [7, 11) is 2.98. The normalized spacial score (nSPS) is 30.3. The molecule has 0 unspecified atom stereocenters. The molecule has 1 saturated heterocycles. The number of imide groups is 1. The molecule has 37 heteroatoms. The summed E-state index contributed by atoms with van der Waals surface area (Å²) in [5.74, 6) is -14.9. The van der Waals surface area contributed by atoms with Gasteiger partial charge in [0.25, 0.3) is 0 Å². The van der Waals surface area contributed by atoms with Crippen molar-refractivity contribution < 1.29 is 122 Å². The van der Waals surface area contributed by atoms with Crippen LogP contribution in [0.5, 0.6) is 51.7 Å². The van der Waals surface area contributed by atoms with E-state index in [4.69, 9.17) is 62.1 Å². The van der Waals surface area contributed by atoms with Gasteiger partial charge in [-0.3, -0.25) is 48.5 Å². The molecule has 6 aromatic carbocycles. The second-order valence-electron chi connectivity index (χ2n) is 34.5. The minimum atomic E-state index is -2.39. The number of carbonyl (C=O) groups excluding carboxylic acids is 9. The van der Waals surface area contributed by atoms with E-state index in [-0.39, 0.29) is 111 Å². The number of aliphatic hydroxyl groups excluding tert-OH is 6. The van der Waals surface area contributed by atoms with Crippen LogP contribution >= 0.6 is 23.2 Å². The summed E-state index contributed by atoms with van der Waals surface area (Å²) in [6.45, 7) is 6.45. The number of hydrogen-bond donors (Lipinski definition) is 19. The smallest absolute Gasteiger partial charge is 0.248 e. The van der Waals surface area contributed by atoms with Crippen LogP contribution in [0.25, 0.3) is 11.1 Å². The molecule has 6 fully saturated rings. The van der Waals surface area contributed by atoms with E-state index in [0.29, 0.717) is 23.1 Å². The fourth-order valence-corrected chi connectivity index (χ4v) is 19.2. The lowest BCUT2D eigenvalue weighted by atomic mass is 9.54. The maximum atomic E-state index is 16.7. The Labute approximate surface area is 728 Å². The number of fused-ring (bicyclic) bond motifs is 15. The molecule has 17 rings (SSSR count). The number of aromatic hydroxyl groups is 3. The number of carbonyl (C=O) groups is 9. The Bertz CT molecular complexity index is 5070. The monoisotopic (exact) mass is 1770 g/mol. The van der Waals surface area contributed by atoms with Crippen molar-refractivity contribution in [1.82, 2.24) is 47.9 Å². The second kappa shape index (κ2) is 38.0. The summed E-state index contributed by atoms with van der Waals surface area (Å²) in [6.07, 6.45) is -12.3. The zero-order valence-corrected chi connectivity index (χ0v) is 70.7. The third-order valence-corrected chi connectivity index (χ3v) is 25.5. The number of likely N-dealkylation sites (N-methyl/N-ethyl adjacent to an activating group) is 1. The molecular formula is C88H104Cl2N10O25. The highest BCUT2D eigenvalue weighted by Crippen LogP contribution is 2.55. The van der Waals surface area contributed by atoms with Crippen LogP contribution in [-0.2, 0) is 63.8 Å². The first-order chi connectivity index (χ1) is 59.5. The highest BCUT2D eigenvalue weighted by molar-refractivity contribution is 6.32. The van der Waals surface area contributed by atoms with E-state index in [1.807, 2.05) is 13.8 Å². The van der Waals surface area contributed by atoms with Crippen LogP contribution < -0.4 is 72.5 Å². The summed E-state index contributed by atoms with van der Waals surface area (Å²) in [4.78, 5) is 139. The van der Waals surface area contributed by atoms with E-state index in [0.717, 1.165) is 86.7 Å². The lowest BCUT2D eigenvalue weighted by Crippen LogP contribution is -2.63. The Morgan fingerprint density at radius 1 is 0.656 bits per heavy atom. The van der Waals surface area contributed by atoms with Gasteiger partial charge in [-0.15, -0.1) is 0 Å². The Morgan fingerprint density at radius 3 is 1.90 bits per heavy atom. The van der Waals surface area contributed by atoms with Gasteiger partial charge in [0.15, 0.2) is 17.8 Å². The van der Waals surface area contributed by atoms with Crippen LogP contribution in [0.1, 0.15) is 149 Å². The van der Waals surface area contributed by atoms with Gasteiger partial charge >= 0.3 is 0 Å². The summed E-state index contributed by atoms with van der Waals surface area (Å²) in [6, 6.07) is 6.53. The number of methoxy groups -OCH3 is 1. The number of halogens is 2. The molecule has 35 nitrogen and oxygen atoms in total. The van der Waals surface area contributed by atoms with E-state index in [2.05, 4.69) is 47.9 Å². The molecule has 6 aliphatic heterocycles. The molecule has 18 atom stereocenters. The first-order valence-electron chi connectivity index (χ1n) is 41.7. The van der Waals surface area contributed by atoms with Gasteiger partial charge < -0.3 is 127 Å². The lowest BCUT2D eigenvalue weighted by Gasteiger charge is -2.54. The highest BCUT2D eigenvalue weighted by Gasteiger charge is 2.53. The van der Waals surface area contributed by atoms with Gasteiger partial charge in [0.05, 0.1) is 53.8 Å². The molecule has 11 aliphatic rings. The number of phenolic OH excluding ortho intramolecular Hbond substituents is 3. The quantitative estimate of drug-likeness (QED) is 0.0479. The van der Waals surface area contributed by atoms with Crippen molar-refractivity contribution >= 4 is 76.4 Å². The lowest BCUT2D eigenvalue weighted by molar-refractivity contribution is -0.286. The number of phenols is 3. The van der Waals surface area contributed by atoms with E-state index in [1.165, 1.54) is 45.3 Å². The number of rotatable bonds is 20. The third-order valence-electron chi connectivity index (χ3n) is 24.9. The van der Waals surface area contributed by atoms with Gasteiger partial charge in [-0.2, -0.15) is 0 Å². The molecule has 0 aromatic heterocycles. The molecule has 20 N–H and O–H groups in total. The molecule has 6 aromatic rings. The summed E-state index contributed by atoms with van der Waals surface area (Å²) >= 11 is 14.6. The molecule has 670 valence electrons. The zero-order chi connectivity index (χ0) is 89.5. The summed E-state index contributed by atoms with van der Waals surface area (Å²) < 4.78 is 44.1. The van der Waals surface area contributed by atoms with Crippen molar-refractivity contribution in [2.24, 2.45) is 41.2 Å². The third kappa shape index (κ3) is 19.9. The van der Waals surface area contributed by atoms with E-state index in [1.54, 1.807) is 31.2 Å². The van der Waals surface area contributed by atoms with Crippen LogP contribution in [0.4, 0.5) is 0 Å². The van der Waals surface area contributed by atoms with Crippen molar-refractivity contribution in [3.8, 4) is 62.9 Å². The molecule has 0 radical (unpaired) electrons. The number of ether oxygens (including phenoxy) is 7. The first-order valence-corrected chi connectivity index (χ1v) is 42.4. The predicted octanol–water partition coefficient (Wildman–Crippen LogP) is 4.05. The number of nitrogens with one attached hydrogen (secondary N) is 9. The second-order valence-corrected chi connectivity index (χ2v) is 35.3. The van der Waals surface area contributed by atoms with Crippen LogP contribution in [0.2, 0.25) is 10.0 Å². The maximum Gasteiger partial charge on any atom is 0.248 e. The number of amides is 9. The minimum absolute atomic E-state index is 0.0590. The Kier molecular flexibility index (Phi) is 27.6. The Balaban J connectivity index is 0.955. The average molecular weight is 1770 g/mol. The van der Waals surface area contributed by atoms with Crippen molar-refractivity contribution in [3.63, 3.8) is 0 Å². The topological polar surface area (TPSA) is 535 Å². The molecule has 125 heavy (non-hydrogen) atoms. The zero-order valence-electron chi connectivity index (χ0n) is 69.2. The largest absolute Gasteiger partial charge is 0.508 e. The Hall–Kier alpha value is -10.5. The van der Waals surface area contributed by atoms with Gasteiger partial charge in [-0.05, 0) is 196 Å². The van der Waals surface area contributed by atoms with Crippen LogP contribution in [0.15, 0.2) is 103 Å². The first kappa shape index (κ1) is 90.7. The van der Waals surface area contributed by atoms with Crippen LogP contribution in [0.3, 0.4) is 0 Å². The molecule has 9 amide bonds. The molecule has 0 spiro atoms. The van der Waals surface area contributed by atoms with E-state index in [9.17, 15) is 60.3 Å². The van der Waals surface area contributed by atoms with Crippen molar-refractivity contribution in [2.75, 3.05) is 34.0 Å². The van der Waals surface area contributed by atoms with Crippen LogP contribution in [-0.4, -0.2) is 212 Å². The fourth-order valence-electron chi connectivity index (χ4n) is 18.8. The SMILES string of the molecule is CN[C@H](CC(C)C)C(=O)N[C@H]1C(=O)N[C@@H](CC(=O)NC(=O)Cc2ccc(OCCOC)cc2)C(=O)N[C@H]2C(=O)N[C@H]3C(=O)N[C@H](C(=O)N[C@H](C(=O)NC4C5CC6CC(C5)CC4C6)c4cc(O)cc(O)c4-c4cc3ccc4O)[C@H](O)c3ccc(c(Cl)c3)Oc3cc2cc(c3O[C@@H]2C[C@H](CO)[C@@H](O)[C@H](O)[C@H]2O[C@H]2C[C@](C)(N)[C@H](O)[C@H](C)O2)Oc2ccc(cc2Cl)[C@H]1O. The Morgan fingerprint density at radius 2 is 1.28 bits per heavy atom. The van der Waals surface area contributed by atoms with Crippen molar-refractivity contribution in [2.45, 2.75) is 201 Å². The van der Waals surface area contributed by atoms with Gasteiger partial charge in [0, 0.05) is 54.8 Å². The highest BCUT2D eigenvalue weighted by atomic mass is 35.5. The van der Waals surface area contributed by atoms with Crippen molar-refractivity contribution in [1.29, 1.82) is 0 Å². The molecule has 5 saturated carbocycles. The average Bonchev–Trinajstić information content (AvgIpc) is 0.731. The minimum Gasteiger partial charge on any atom is -0.508 e. The fraction of sp³-hybridized carbons (Fsp3) is 0.489.